The summed E-state index contributed by atoms with van der Waals surface area (Å²) in [5, 5.41) is 9.60. The van der Waals surface area contributed by atoms with E-state index in [-0.39, 0.29) is 29.9 Å². The van der Waals surface area contributed by atoms with Crippen LogP contribution in [0.4, 0.5) is 4.79 Å². The van der Waals surface area contributed by atoms with Crippen LogP contribution in [0.1, 0.15) is 79.2 Å². The Labute approximate surface area is 212 Å². The van der Waals surface area contributed by atoms with Gasteiger partial charge in [0.25, 0.3) is 0 Å². The molecule has 0 amide bonds. The minimum absolute atomic E-state index is 0.0233. The smallest absolute Gasteiger partial charge is 0.480 e. The number of carbonyl (C=O) groups is 4. The minimum atomic E-state index is -1.36. The molecule has 0 spiro atoms. The van der Waals surface area contributed by atoms with Gasteiger partial charge >= 0.3 is 24.1 Å². The van der Waals surface area contributed by atoms with Crippen LogP contribution >= 0.6 is 0 Å². The summed E-state index contributed by atoms with van der Waals surface area (Å²) >= 11 is 0. The van der Waals surface area contributed by atoms with Gasteiger partial charge in [-0.1, -0.05) is 33.8 Å². The van der Waals surface area contributed by atoms with Crippen molar-refractivity contribution < 1.29 is 43.2 Å². The van der Waals surface area contributed by atoms with Gasteiger partial charge in [-0.15, -0.1) is 0 Å². The van der Waals surface area contributed by atoms with Crippen molar-refractivity contribution in [2.45, 2.75) is 91.9 Å². The van der Waals surface area contributed by atoms with Gasteiger partial charge in [-0.3, -0.25) is 14.4 Å². The molecule has 4 unspecified atom stereocenters. The van der Waals surface area contributed by atoms with E-state index in [2.05, 4.69) is 0 Å². The van der Waals surface area contributed by atoms with Crippen molar-refractivity contribution in [2.75, 3.05) is 0 Å². The lowest BCUT2D eigenvalue weighted by molar-refractivity contribution is -0.141. The number of aliphatic carboxylic acids is 1. The fraction of sp³-hybridized carbons (Fsp3) is 0.615. The Kier molecular flexibility index (Phi) is 12.4. The van der Waals surface area contributed by atoms with Crippen LogP contribution in [0.2, 0.25) is 0 Å². The molecule has 1 aromatic carbocycles. The highest BCUT2D eigenvalue weighted by Crippen LogP contribution is 2.35. The summed E-state index contributed by atoms with van der Waals surface area (Å²) in [6.07, 6.45) is -0.850. The Morgan fingerprint density at radius 3 is 1.86 bits per heavy atom. The summed E-state index contributed by atoms with van der Waals surface area (Å²) in [5.41, 5.74) is 6.40. The molecule has 1 aromatic rings. The fourth-order valence-electron chi connectivity index (χ4n) is 3.12. The molecule has 0 saturated carbocycles. The third-order valence-electron chi connectivity index (χ3n) is 5.78. The third kappa shape index (κ3) is 9.49. The Morgan fingerprint density at radius 1 is 0.861 bits per heavy atom. The van der Waals surface area contributed by atoms with Gasteiger partial charge in [-0.05, 0) is 57.7 Å². The van der Waals surface area contributed by atoms with Gasteiger partial charge in [0.1, 0.15) is 12.1 Å². The average molecular weight is 510 g/mol. The van der Waals surface area contributed by atoms with Crippen LogP contribution in [0.3, 0.4) is 0 Å². The topological polar surface area (TPSA) is 151 Å². The molecule has 10 nitrogen and oxygen atoms in total. The van der Waals surface area contributed by atoms with Crippen molar-refractivity contribution >= 4 is 24.1 Å². The first-order valence-corrected chi connectivity index (χ1v) is 12.2. The maximum Gasteiger partial charge on any atom is 0.508 e. The van der Waals surface area contributed by atoms with Gasteiger partial charge in [0.2, 0.25) is 0 Å². The SMILES string of the molecule is CCC(C)C(=O)Oc1ccc(C(CC(C)OC(=O)OC(C)C)[C@H](N)C(=O)O)cc1OC(=O)C(C)CC. The largest absolute Gasteiger partial charge is 0.508 e. The molecule has 0 bridgehead atoms. The summed E-state index contributed by atoms with van der Waals surface area (Å²) in [6, 6.07) is 3.07. The van der Waals surface area contributed by atoms with E-state index in [1.807, 2.05) is 13.8 Å². The maximum absolute atomic E-state index is 12.5. The van der Waals surface area contributed by atoms with Crippen LogP contribution in [0.15, 0.2) is 18.2 Å². The third-order valence-corrected chi connectivity index (χ3v) is 5.78. The second-order valence-corrected chi connectivity index (χ2v) is 9.22. The second kappa shape index (κ2) is 14.4. The molecule has 1 rings (SSSR count). The van der Waals surface area contributed by atoms with E-state index in [9.17, 15) is 24.3 Å². The molecule has 10 heteroatoms. The van der Waals surface area contributed by atoms with Crippen molar-refractivity contribution in [3.63, 3.8) is 0 Å². The van der Waals surface area contributed by atoms with E-state index in [0.717, 1.165) is 0 Å². The number of ether oxygens (including phenoxy) is 4. The molecule has 36 heavy (non-hydrogen) atoms. The molecule has 202 valence electrons. The molecule has 0 aliphatic carbocycles. The van der Waals surface area contributed by atoms with Crippen LogP contribution < -0.4 is 15.2 Å². The average Bonchev–Trinajstić information content (AvgIpc) is 2.81. The summed E-state index contributed by atoms with van der Waals surface area (Å²) in [4.78, 5) is 48.6. The van der Waals surface area contributed by atoms with Crippen LogP contribution in [0.5, 0.6) is 11.5 Å². The first-order chi connectivity index (χ1) is 16.8. The highest BCUT2D eigenvalue weighted by Gasteiger charge is 2.31. The van der Waals surface area contributed by atoms with Gasteiger partial charge < -0.3 is 29.8 Å². The number of carbonyl (C=O) groups excluding carboxylic acids is 3. The predicted molar refractivity (Wildman–Crippen MR) is 132 cm³/mol. The quantitative estimate of drug-likeness (QED) is 0.289. The van der Waals surface area contributed by atoms with Crippen LogP contribution in [-0.2, 0) is 23.9 Å². The molecule has 0 fully saturated rings. The van der Waals surface area contributed by atoms with E-state index in [1.54, 1.807) is 40.7 Å². The van der Waals surface area contributed by atoms with Crippen LogP contribution in [0.25, 0.3) is 0 Å². The van der Waals surface area contributed by atoms with E-state index < -0.39 is 48.0 Å². The minimum Gasteiger partial charge on any atom is -0.480 e. The van der Waals surface area contributed by atoms with Crippen molar-refractivity contribution in [3.05, 3.63) is 23.8 Å². The van der Waals surface area contributed by atoms with Crippen LogP contribution in [-0.4, -0.2) is 47.4 Å². The van der Waals surface area contributed by atoms with E-state index in [1.165, 1.54) is 12.1 Å². The molecule has 0 saturated heterocycles. The number of nitrogens with two attached hydrogens (primary N) is 1. The number of carboxylic acids is 1. The lowest BCUT2D eigenvalue weighted by Gasteiger charge is -2.25. The monoisotopic (exact) mass is 509 g/mol. The van der Waals surface area contributed by atoms with E-state index in [0.29, 0.717) is 18.4 Å². The van der Waals surface area contributed by atoms with Gasteiger partial charge in [-0.2, -0.15) is 0 Å². The number of hydrogen-bond acceptors (Lipinski definition) is 9. The molecular formula is C26H39NO9. The summed E-state index contributed by atoms with van der Waals surface area (Å²) in [7, 11) is 0. The van der Waals surface area contributed by atoms with E-state index in [4.69, 9.17) is 24.7 Å². The lowest BCUT2D eigenvalue weighted by atomic mass is 9.87. The zero-order valence-electron chi connectivity index (χ0n) is 22.1. The highest BCUT2D eigenvalue weighted by molar-refractivity contribution is 5.79. The Morgan fingerprint density at radius 2 is 1.39 bits per heavy atom. The predicted octanol–water partition coefficient (Wildman–Crippen LogP) is 4.43. The van der Waals surface area contributed by atoms with Gasteiger partial charge in [0.05, 0.1) is 17.9 Å². The van der Waals surface area contributed by atoms with Crippen molar-refractivity contribution in [3.8, 4) is 11.5 Å². The number of benzene rings is 1. The van der Waals surface area contributed by atoms with Crippen molar-refractivity contribution in [2.24, 2.45) is 17.6 Å². The Bertz CT molecular complexity index is 915. The van der Waals surface area contributed by atoms with Crippen LogP contribution in [0, 0.1) is 11.8 Å². The number of hydrogen-bond donors (Lipinski definition) is 2. The molecule has 0 aliphatic heterocycles. The first-order valence-electron chi connectivity index (χ1n) is 12.2. The van der Waals surface area contributed by atoms with Gasteiger partial charge in [0, 0.05) is 5.92 Å². The number of rotatable bonds is 13. The normalized spacial score (nSPS) is 15.2. The molecule has 0 aliphatic rings. The molecule has 0 heterocycles. The number of carboxylic acid groups (broad SMARTS) is 1. The first kappa shape index (κ1) is 30.9. The maximum atomic E-state index is 12.5. The fourth-order valence-corrected chi connectivity index (χ4v) is 3.12. The second-order valence-electron chi connectivity index (χ2n) is 9.22. The van der Waals surface area contributed by atoms with E-state index >= 15 is 0 Å². The molecule has 0 radical (unpaired) electrons. The van der Waals surface area contributed by atoms with Gasteiger partial charge in [-0.25, -0.2) is 4.79 Å². The molecule has 5 atom stereocenters. The van der Waals surface area contributed by atoms with Crippen molar-refractivity contribution in [1.29, 1.82) is 0 Å². The lowest BCUT2D eigenvalue weighted by Crippen LogP contribution is -2.38. The summed E-state index contributed by atoms with van der Waals surface area (Å²) in [5.74, 6) is -3.88. The van der Waals surface area contributed by atoms with Gasteiger partial charge in [0.15, 0.2) is 11.5 Å². The number of esters is 2. The molecular weight excluding hydrogens is 470 g/mol. The Balaban J connectivity index is 3.37. The van der Waals surface area contributed by atoms with Crippen molar-refractivity contribution in [1.82, 2.24) is 0 Å². The standard InChI is InChI=1S/C26H39NO9/c1-8-15(5)24(30)35-20-11-10-18(13-21(20)36-25(31)16(6)9-2)19(22(27)23(28)29)12-17(7)34-26(32)33-14(3)4/h10-11,13-17,19,22H,8-9,12,27H2,1-7H3,(H,28,29)/t15?,16?,17?,19?,22-/m0/s1. The zero-order valence-corrected chi connectivity index (χ0v) is 22.1. The molecule has 3 N–H and O–H groups in total. The highest BCUT2D eigenvalue weighted by atomic mass is 16.7. The summed E-state index contributed by atoms with van der Waals surface area (Å²) in [6.45, 7) is 12.0. The zero-order chi connectivity index (χ0) is 27.6. The summed E-state index contributed by atoms with van der Waals surface area (Å²) < 4.78 is 21.2. The Hall–Kier alpha value is -3.14. The molecule has 0 aromatic heterocycles.